The van der Waals surface area contributed by atoms with E-state index in [4.69, 9.17) is 0 Å². The van der Waals surface area contributed by atoms with Crippen molar-refractivity contribution in [2.45, 2.75) is 39.3 Å². The van der Waals surface area contributed by atoms with Gasteiger partial charge in [-0.3, -0.25) is 19.5 Å². The van der Waals surface area contributed by atoms with E-state index in [2.05, 4.69) is 10.3 Å². The van der Waals surface area contributed by atoms with Gasteiger partial charge in [-0.05, 0) is 32.4 Å². The number of aromatic nitrogens is 1. The first-order valence-corrected chi connectivity index (χ1v) is 6.11. The van der Waals surface area contributed by atoms with E-state index in [0.29, 0.717) is 6.42 Å². The predicted molar refractivity (Wildman–Crippen MR) is 68.1 cm³/mol. The highest BCUT2D eigenvalue weighted by atomic mass is 16.2. The highest BCUT2D eigenvalue weighted by molar-refractivity contribution is 6.08. The highest BCUT2D eigenvalue weighted by Crippen LogP contribution is 2.24. The van der Waals surface area contributed by atoms with Crippen LogP contribution in [-0.4, -0.2) is 28.9 Å². The maximum Gasteiger partial charge on any atom is 0.250 e. The molecule has 2 amide bonds. The molecular weight excluding hydrogens is 230 g/mol. The lowest BCUT2D eigenvalue weighted by atomic mass is 10.0. The van der Waals surface area contributed by atoms with Gasteiger partial charge in [0.1, 0.15) is 12.1 Å². The molecule has 0 aliphatic carbocycles. The van der Waals surface area contributed by atoms with Crippen molar-refractivity contribution in [1.29, 1.82) is 0 Å². The Morgan fingerprint density at radius 3 is 2.78 bits per heavy atom. The fourth-order valence-electron chi connectivity index (χ4n) is 2.24. The van der Waals surface area contributed by atoms with Crippen molar-refractivity contribution in [3.8, 4) is 0 Å². The lowest BCUT2D eigenvalue weighted by molar-refractivity contribution is -0.133. The second kappa shape index (κ2) is 4.76. The molecule has 96 valence electrons. The molecule has 0 bridgehead atoms. The zero-order valence-electron chi connectivity index (χ0n) is 10.8. The Bertz CT molecular complexity index is 487. The van der Waals surface area contributed by atoms with Gasteiger partial charge in [-0.2, -0.15) is 0 Å². The zero-order valence-corrected chi connectivity index (χ0v) is 10.8. The first kappa shape index (κ1) is 12.5. The van der Waals surface area contributed by atoms with E-state index in [1.54, 1.807) is 24.1 Å². The molecule has 0 aromatic carbocycles. The van der Waals surface area contributed by atoms with E-state index in [1.807, 2.05) is 19.9 Å². The van der Waals surface area contributed by atoms with E-state index in [0.717, 1.165) is 11.4 Å². The number of nitrogens with zero attached hydrogens (tertiary/aromatic N) is 2. The lowest BCUT2D eigenvalue weighted by Gasteiger charge is -2.37. The second-order valence-electron chi connectivity index (χ2n) is 4.47. The smallest absolute Gasteiger partial charge is 0.250 e. The number of piperazine rings is 1. The zero-order chi connectivity index (χ0) is 13.3. The van der Waals surface area contributed by atoms with Crippen LogP contribution in [-0.2, 0) is 9.59 Å². The third-order valence-electron chi connectivity index (χ3n) is 3.21. The van der Waals surface area contributed by atoms with Gasteiger partial charge in [-0.25, -0.2) is 0 Å². The molecule has 0 spiro atoms. The van der Waals surface area contributed by atoms with Crippen LogP contribution < -0.4 is 10.2 Å². The largest absolute Gasteiger partial charge is 0.343 e. The fourth-order valence-corrected chi connectivity index (χ4v) is 2.24. The molecule has 5 heteroatoms. The van der Waals surface area contributed by atoms with Gasteiger partial charge in [-0.1, -0.05) is 6.92 Å². The van der Waals surface area contributed by atoms with Crippen molar-refractivity contribution in [2.24, 2.45) is 0 Å². The standard InChI is InChI=1S/C13H17N3O2/c1-4-10-12(17)15-9(3)13(18)16(10)11-6-5-7-14-8(11)2/h5-7,9-10H,4H2,1-3H3,(H,15,17). The van der Waals surface area contributed by atoms with E-state index < -0.39 is 12.1 Å². The van der Waals surface area contributed by atoms with Gasteiger partial charge in [0.05, 0.1) is 11.4 Å². The molecule has 1 aliphatic rings. The summed E-state index contributed by atoms with van der Waals surface area (Å²) in [5.41, 5.74) is 1.47. The van der Waals surface area contributed by atoms with Crippen LogP contribution in [0.4, 0.5) is 5.69 Å². The van der Waals surface area contributed by atoms with Crippen LogP contribution in [0.15, 0.2) is 18.3 Å². The van der Waals surface area contributed by atoms with Gasteiger partial charge in [0, 0.05) is 6.20 Å². The van der Waals surface area contributed by atoms with E-state index >= 15 is 0 Å². The number of anilines is 1. The molecular formula is C13H17N3O2. The first-order chi connectivity index (χ1) is 8.56. The molecule has 1 N–H and O–H groups in total. The summed E-state index contributed by atoms with van der Waals surface area (Å²) >= 11 is 0. The van der Waals surface area contributed by atoms with Crippen LogP contribution in [0, 0.1) is 6.92 Å². The Balaban J connectivity index is 2.47. The number of aryl methyl sites for hydroxylation is 1. The molecule has 5 nitrogen and oxygen atoms in total. The van der Waals surface area contributed by atoms with Crippen molar-refractivity contribution < 1.29 is 9.59 Å². The highest BCUT2D eigenvalue weighted by Gasteiger charge is 2.38. The van der Waals surface area contributed by atoms with Crippen LogP contribution in [0.3, 0.4) is 0 Å². The van der Waals surface area contributed by atoms with Gasteiger partial charge in [0.25, 0.3) is 0 Å². The average molecular weight is 247 g/mol. The van der Waals surface area contributed by atoms with Crippen LogP contribution >= 0.6 is 0 Å². The lowest BCUT2D eigenvalue weighted by Crippen LogP contribution is -2.62. The molecule has 1 aromatic heterocycles. The van der Waals surface area contributed by atoms with Gasteiger partial charge in [0.2, 0.25) is 11.8 Å². The normalized spacial score (nSPS) is 24.1. The molecule has 2 atom stereocenters. The summed E-state index contributed by atoms with van der Waals surface area (Å²) in [7, 11) is 0. The minimum Gasteiger partial charge on any atom is -0.343 e. The monoisotopic (exact) mass is 247 g/mol. The molecule has 1 fully saturated rings. The quantitative estimate of drug-likeness (QED) is 0.848. The Morgan fingerprint density at radius 1 is 1.44 bits per heavy atom. The summed E-state index contributed by atoms with van der Waals surface area (Å²) in [5.74, 6) is -0.189. The van der Waals surface area contributed by atoms with Crippen LogP contribution in [0.1, 0.15) is 26.0 Å². The van der Waals surface area contributed by atoms with Crippen molar-refractivity contribution in [3.05, 3.63) is 24.0 Å². The molecule has 1 aromatic rings. The van der Waals surface area contributed by atoms with E-state index in [9.17, 15) is 9.59 Å². The molecule has 2 heterocycles. The minimum absolute atomic E-state index is 0.0856. The number of nitrogens with one attached hydrogen (secondary N) is 1. The third kappa shape index (κ3) is 1.96. The summed E-state index contributed by atoms with van der Waals surface area (Å²) in [6.07, 6.45) is 2.26. The molecule has 0 radical (unpaired) electrons. The van der Waals surface area contributed by atoms with Gasteiger partial charge in [-0.15, -0.1) is 0 Å². The van der Waals surface area contributed by atoms with Crippen molar-refractivity contribution in [2.75, 3.05) is 4.90 Å². The number of carbonyl (C=O) groups excluding carboxylic acids is 2. The molecule has 2 unspecified atom stereocenters. The Kier molecular flexibility index (Phi) is 3.32. The summed E-state index contributed by atoms with van der Waals surface area (Å²) < 4.78 is 0. The Labute approximate surface area is 106 Å². The number of amides is 2. The summed E-state index contributed by atoms with van der Waals surface area (Å²) in [4.78, 5) is 30.0. The predicted octanol–water partition coefficient (Wildman–Crippen LogP) is 1.02. The van der Waals surface area contributed by atoms with Gasteiger partial charge >= 0.3 is 0 Å². The first-order valence-electron chi connectivity index (χ1n) is 6.11. The van der Waals surface area contributed by atoms with Crippen LogP contribution in [0.25, 0.3) is 0 Å². The summed E-state index contributed by atoms with van der Waals surface area (Å²) in [5, 5.41) is 2.70. The van der Waals surface area contributed by atoms with Crippen LogP contribution in [0.2, 0.25) is 0 Å². The Morgan fingerprint density at radius 2 is 2.17 bits per heavy atom. The molecule has 18 heavy (non-hydrogen) atoms. The minimum atomic E-state index is -0.486. The average Bonchev–Trinajstić information content (AvgIpc) is 2.34. The van der Waals surface area contributed by atoms with E-state index in [1.165, 1.54) is 0 Å². The van der Waals surface area contributed by atoms with Crippen LogP contribution in [0.5, 0.6) is 0 Å². The molecule has 1 aliphatic heterocycles. The Hall–Kier alpha value is -1.91. The maximum absolute atomic E-state index is 12.3. The van der Waals surface area contributed by atoms with Crippen molar-refractivity contribution >= 4 is 17.5 Å². The van der Waals surface area contributed by atoms with Gasteiger partial charge < -0.3 is 5.32 Å². The maximum atomic E-state index is 12.3. The number of hydrogen-bond donors (Lipinski definition) is 1. The third-order valence-corrected chi connectivity index (χ3v) is 3.21. The second-order valence-corrected chi connectivity index (χ2v) is 4.47. The number of pyridine rings is 1. The number of rotatable bonds is 2. The summed E-state index contributed by atoms with van der Waals surface area (Å²) in [6.45, 7) is 5.43. The van der Waals surface area contributed by atoms with Gasteiger partial charge in [0.15, 0.2) is 0 Å². The molecule has 2 rings (SSSR count). The number of hydrogen-bond acceptors (Lipinski definition) is 3. The fraction of sp³-hybridized carbons (Fsp3) is 0.462. The SMILES string of the molecule is CCC1C(=O)NC(C)C(=O)N1c1cccnc1C. The van der Waals surface area contributed by atoms with Crippen molar-refractivity contribution in [1.82, 2.24) is 10.3 Å². The topological polar surface area (TPSA) is 62.3 Å². The number of carbonyl (C=O) groups is 2. The molecule has 0 saturated carbocycles. The molecule has 1 saturated heterocycles. The van der Waals surface area contributed by atoms with Crippen molar-refractivity contribution in [3.63, 3.8) is 0 Å². The summed E-state index contributed by atoms with van der Waals surface area (Å²) in [6, 6.07) is 2.67. The van der Waals surface area contributed by atoms with E-state index in [-0.39, 0.29) is 11.8 Å².